The predicted molar refractivity (Wildman–Crippen MR) is 93.0 cm³/mol. The van der Waals surface area contributed by atoms with E-state index in [4.69, 9.17) is 4.42 Å². The molecule has 0 atom stereocenters. The molecule has 1 heterocycles. The van der Waals surface area contributed by atoms with Crippen LogP contribution in [0.3, 0.4) is 0 Å². The van der Waals surface area contributed by atoms with Gasteiger partial charge in [0.25, 0.3) is 0 Å². The second kappa shape index (κ2) is 7.33. The van der Waals surface area contributed by atoms with E-state index in [0.717, 1.165) is 28.7 Å². The molecule has 0 aliphatic heterocycles. The van der Waals surface area contributed by atoms with Gasteiger partial charge in [-0.25, -0.2) is 4.39 Å². The van der Waals surface area contributed by atoms with E-state index in [0.29, 0.717) is 18.7 Å². The van der Waals surface area contributed by atoms with Gasteiger partial charge in [0.2, 0.25) is 0 Å². The molecule has 3 rings (SSSR count). The van der Waals surface area contributed by atoms with Crippen molar-refractivity contribution in [3.05, 3.63) is 77.3 Å². The van der Waals surface area contributed by atoms with Crippen molar-refractivity contribution in [2.45, 2.75) is 12.7 Å². The fourth-order valence-corrected chi connectivity index (χ4v) is 2.74. The number of halogens is 4. The topological polar surface area (TPSA) is 16.4 Å². The van der Waals surface area contributed by atoms with Gasteiger partial charge in [-0.3, -0.25) is 4.90 Å². The number of benzene rings is 2. The highest BCUT2D eigenvalue weighted by molar-refractivity contribution is 5.80. The summed E-state index contributed by atoms with van der Waals surface area (Å²) in [6.45, 7) is 1.21. The lowest BCUT2D eigenvalue weighted by molar-refractivity contribution is -0.140. The van der Waals surface area contributed by atoms with Crippen molar-refractivity contribution < 1.29 is 22.0 Å². The van der Waals surface area contributed by atoms with Crippen LogP contribution < -0.4 is 0 Å². The SMILES string of the molecule is CN(CC=Cc1ccc(C(F)(F)F)c(F)c1)Cc1coc2ccccc12. The summed E-state index contributed by atoms with van der Waals surface area (Å²) in [6, 6.07) is 10.7. The molecule has 0 aliphatic rings. The number of fused-ring (bicyclic) bond motifs is 1. The van der Waals surface area contributed by atoms with Crippen molar-refractivity contribution in [2.24, 2.45) is 0 Å². The van der Waals surface area contributed by atoms with Crippen LogP contribution in [0.4, 0.5) is 17.6 Å². The number of likely N-dealkylation sites (N-methyl/N-ethyl adjacent to an activating group) is 1. The van der Waals surface area contributed by atoms with Crippen LogP contribution >= 0.6 is 0 Å². The van der Waals surface area contributed by atoms with Crippen molar-refractivity contribution >= 4 is 17.0 Å². The van der Waals surface area contributed by atoms with Crippen LogP contribution in [0.5, 0.6) is 0 Å². The summed E-state index contributed by atoms with van der Waals surface area (Å²) in [4.78, 5) is 2.02. The molecule has 0 bridgehead atoms. The Hall–Kier alpha value is -2.60. The molecule has 0 fully saturated rings. The molecule has 26 heavy (non-hydrogen) atoms. The molecule has 0 N–H and O–H groups in total. The van der Waals surface area contributed by atoms with Gasteiger partial charge in [0.05, 0.1) is 11.8 Å². The van der Waals surface area contributed by atoms with Gasteiger partial charge in [0, 0.05) is 24.0 Å². The van der Waals surface area contributed by atoms with Gasteiger partial charge in [-0.15, -0.1) is 0 Å². The quantitative estimate of drug-likeness (QED) is 0.538. The molecule has 0 radical (unpaired) electrons. The number of para-hydroxylation sites is 1. The average molecular weight is 363 g/mol. The highest BCUT2D eigenvalue weighted by atomic mass is 19.4. The Morgan fingerprint density at radius 1 is 1.12 bits per heavy atom. The fraction of sp³-hybridized carbons (Fsp3) is 0.200. The Labute approximate surface area is 148 Å². The highest BCUT2D eigenvalue weighted by Crippen LogP contribution is 2.31. The van der Waals surface area contributed by atoms with Crippen molar-refractivity contribution in [1.29, 1.82) is 0 Å². The van der Waals surface area contributed by atoms with E-state index in [1.807, 2.05) is 36.2 Å². The molecule has 0 unspecified atom stereocenters. The standard InChI is InChI=1S/C20H17F4NO/c1-25(12-15-13-26-19-7-3-2-6-16(15)19)10-4-5-14-8-9-17(18(21)11-14)20(22,23)24/h2-9,11,13H,10,12H2,1H3. The normalized spacial score (nSPS) is 12.5. The van der Waals surface area contributed by atoms with Gasteiger partial charge < -0.3 is 4.42 Å². The molecule has 0 amide bonds. The fourth-order valence-electron chi connectivity index (χ4n) is 2.74. The van der Waals surface area contributed by atoms with Gasteiger partial charge in [0.15, 0.2) is 0 Å². The van der Waals surface area contributed by atoms with Gasteiger partial charge in [-0.05, 0) is 30.8 Å². The van der Waals surface area contributed by atoms with E-state index in [9.17, 15) is 17.6 Å². The summed E-state index contributed by atoms with van der Waals surface area (Å²) in [7, 11) is 1.92. The maximum absolute atomic E-state index is 13.6. The van der Waals surface area contributed by atoms with Crippen LogP contribution in [-0.4, -0.2) is 18.5 Å². The molecule has 3 aromatic rings. The van der Waals surface area contributed by atoms with Crippen LogP contribution in [0.1, 0.15) is 16.7 Å². The molecule has 0 saturated carbocycles. The minimum absolute atomic E-state index is 0.387. The van der Waals surface area contributed by atoms with Crippen molar-refractivity contribution in [2.75, 3.05) is 13.6 Å². The Balaban J connectivity index is 1.62. The third-order valence-corrected chi connectivity index (χ3v) is 4.03. The molecular formula is C20H17F4NO. The first-order chi connectivity index (χ1) is 12.3. The van der Waals surface area contributed by atoms with Crippen molar-refractivity contribution in [3.8, 4) is 0 Å². The van der Waals surface area contributed by atoms with E-state index in [-0.39, 0.29) is 0 Å². The molecule has 2 aromatic carbocycles. The van der Waals surface area contributed by atoms with Crippen LogP contribution in [0, 0.1) is 5.82 Å². The van der Waals surface area contributed by atoms with Gasteiger partial charge >= 0.3 is 6.18 Å². The number of rotatable bonds is 5. The second-order valence-electron chi connectivity index (χ2n) is 6.09. The molecule has 1 aromatic heterocycles. The van der Waals surface area contributed by atoms with Gasteiger partial charge in [-0.2, -0.15) is 13.2 Å². The number of alkyl halides is 3. The zero-order chi connectivity index (χ0) is 18.7. The molecule has 136 valence electrons. The maximum atomic E-state index is 13.6. The van der Waals surface area contributed by atoms with E-state index in [2.05, 4.69) is 0 Å². The zero-order valence-corrected chi connectivity index (χ0v) is 14.1. The highest BCUT2D eigenvalue weighted by Gasteiger charge is 2.33. The van der Waals surface area contributed by atoms with Gasteiger partial charge in [0.1, 0.15) is 11.4 Å². The number of hydrogen-bond donors (Lipinski definition) is 0. The monoisotopic (exact) mass is 363 g/mol. The average Bonchev–Trinajstić information content (AvgIpc) is 2.97. The largest absolute Gasteiger partial charge is 0.464 e. The minimum atomic E-state index is -4.68. The van der Waals surface area contributed by atoms with Crippen LogP contribution in [0.15, 0.2) is 59.2 Å². The van der Waals surface area contributed by atoms with Gasteiger partial charge in [-0.1, -0.05) is 36.4 Å². The first-order valence-electron chi connectivity index (χ1n) is 8.01. The zero-order valence-electron chi connectivity index (χ0n) is 14.1. The minimum Gasteiger partial charge on any atom is -0.464 e. The number of furan rings is 1. The van der Waals surface area contributed by atoms with Crippen molar-refractivity contribution in [1.82, 2.24) is 4.90 Å². The third kappa shape index (κ3) is 4.14. The lowest BCUT2D eigenvalue weighted by atomic mass is 10.1. The predicted octanol–water partition coefficient (Wildman–Crippen LogP) is 5.74. The van der Waals surface area contributed by atoms with Crippen LogP contribution in [0.2, 0.25) is 0 Å². The number of hydrogen-bond acceptors (Lipinski definition) is 2. The molecular weight excluding hydrogens is 346 g/mol. The Kier molecular flexibility index (Phi) is 5.13. The molecule has 2 nitrogen and oxygen atoms in total. The Bertz CT molecular complexity index is 927. The second-order valence-corrected chi connectivity index (χ2v) is 6.09. The molecule has 0 saturated heterocycles. The summed E-state index contributed by atoms with van der Waals surface area (Å²) in [5, 5.41) is 1.05. The first kappa shape index (κ1) is 18.2. The Morgan fingerprint density at radius 2 is 1.88 bits per heavy atom. The van der Waals surface area contributed by atoms with E-state index < -0.39 is 17.6 Å². The van der Waals surface area contributed by atoms with Crippen molar-refractivity contribution in [3.63, 3.8) is 0 Å². The van der Waals surface area contributed by atoms with E-state index in [1.165, 1.54) is 6.07 Å². The summed E-state index contributed by atoms with van der Waals surface area (Å²) in [6.07, 6.45) is 0.424. The summed E-state index contributed by atoms with van der Waals surface area (Å²) in [5.41, 5.74) is 1.01. The summed E-state index contributed by atoms with van der Waals surface area (Å²) >= 11 is 0. The summed E-state index contributed by atoms with van der Waals surface area (Å²) < 4.78 is 56.7. The van der Waals surface area contributed by atoms with E-state index in [1.54, 1.807) is 18.4 Å². The Morgan fingerprint density at radius 3 is 2.62 bits per heavy atom. The van der Waals surface area contributed by atoms with Crippen LogP contribution in [0.25, 0.3) is 17.0 Å². The lowest BCUT2D eigenvalue weighted by Crippen LogP contribution is -2.17. The molecule has 0 aliphatic carbocycles. The smallest absolute Gasteiger partial charge is 0.419 e. The first-order valence-corrected chi connectivity index (χ1v) is 8.01. The van der Waals surface area contributed by atoms with E-state index >= 15 is 0 Å². The molecule has 6 heteroatoms. The maximum Gasteiger partial charge on any atom is 0.419 e. The van der Waals surface area contributed by atoms with Crippen LogP contribution in [-0.2, 0) is 12.7 Å². The lowest BCUT2D eigenvalue weighted by Gasteiger charge is -2.13. The third-order valence-electron chi connectivity index (χ3n) is 4.03. The summed E-state index contributed by atoms with van der Waals surface area (Å²) in [5.74, 6) is -1.27. The number of nitrogens with zero attached hydrogens (tertiary/aromatic N) is 1. The molecule has 0 spiro atoms.